The first-order valence-electron chi connectivity index (χ1n) is 29.0. The van der Waals surface area contributed by atoms with Crippen molar-refractivity contribution in [3.63, 3.8) is 0 Å². The van der Waals surface area contributed by atoms with E-state index in [0.29, 0.717) is 16.9 Å². The van der Waals surface area contributed by atoms with Gasteiger partial charge in [0.1, 0.15) is 47.3 Å². The zero-order valence-electron chi connectivity index (χ0n) is 50.2. The van der Waals surface area contributed by atoms with Crippen molar-refractivity contribution in [1.29, 1.82) is 0 Å². The number of carboxylic acid groups (broad SMARTS) is 2. The third kappa shape index (κ3) is 24.7. The molecule has 0 heterocycles. The van der Waals surface area contributed by atoms with Gasteiger partial charge in [0.05, 0.1) is 13.1 Å². The van der Waals surface area contributed by atoms with Crippen LogP contribution in [0.2, 0.25) is 0 Å². The van der Waals surface area contributed by atoms with Gasteiger partial charge in [-0.25, -0.2) is 0 Å². The molecule has 0 saturated heterocycles. The summed E-state index contributed by atoms with van der Waals surface area (Å²) >= 11 is 1.10. The molecule has 476 valence electrons. The molecule has 14 N–H and O–H groups in total. The van der Waals surface area contributed by atoms with Crippen molar-refractivity contribution in [1.82, 2.24) is 47.9 Å². The molecule has 4 aromatic carbocycles. The largest absolute Gasteiger partial charge is 0.508 e. The summed E-state index contributed by atoms with van der Waals surface area (Å²) in [6, 6.07) is 18.7. The second-order valence-electron chi connectivity index (χ2n) is 22.3. The number of phenols is 1. The third-order valence-electron chi connectivity index (χ3n) is 13.9. The number of amides is 10. The van der Waals surface area contributed by atoms with Gasteiger partial charge in [-0.05, 0) is 96.0 Å². The lowest BCUT2D eigenvalue weighted by molar-refractivity contribution is -0.139. The molecular formula is C62H82N10O15S. The van der Waals surface area contributed by atoms with Crippen molar-refractivity contribution in [2.75, 3.05) is 19.6 Å². The number of hydrogen-bond acceptors (Lipinski definition) is 14. The first kappa shape index (κ1) is 71.4. The maximum Gasteiger partial charge on any atom is 0.317 e. The van der Waals surface area contributed by atoms with E-state index in [9.17, 15) is 72.9 Å². The lowest BCUT2D eigenvalue weighted by Gasteiger charge is -2.28. The fourth-order valence-electron chi connectivity index (χ4n) is 9.12. The third-order valence-corrected chi connectivity index (χ3v) is 15.1. The van der Waals surface area contributed by atoms with Gasteiger partial charge < -0.3 is 68.9 Å². The highest BCUT2D eigenvalue weighted by Crippen LogP contribution is 2.27. The van der Waals surface area contributed by atoms with Gasteiger partial charge in [-0.2, -0.15) is 0 Å². The predicted molar refractivity (Wildman–Crippen MR) is 329 cm³/mol. The van der Waals surface area contributed by atoms with Crippen LogP contribution in [0.15, 0.2) is 97.1 Å². The van der Waals surface area contributed by atoms with Crippen LogP contribution in [0.3, 0.4) is 0 Å². The van der Waals surface area contributed by atoms with Crippen molar-refractivity contribution in [2.45, 2.75) is 140 Å². The Morgan fingerprint density at radius 3 is 1.69 bits per heavy atom. The Labute approximate surface area is 515 Å². The van der Waals surface area contributed by atoms with Crippen molar-refractivity contribution < 1.29 is 72.9 Å². The molecule has 0 aliphatic heterocycles. The lowest BCUT2D eigenvalue weighted by Crippen LogP contribution is -2.60. The first-order valence-corrected chi connectivity index (χ1v) is 30.1. The van der Waals surface area contributed by atoms with E-state index >= 15 is 0 Å². The van der Waals surface area contributed by atoms with Crippen LogP contribution in [0.5, 0.6) is 5.75 Å². The number of nitrogens with two attached hydrogens (primary N) is 1. The molecule has 0 saturated carbocycles. The first-order chi connectivity index (χ1) is 41.7. The van der Waals surface area contributed by atoms with Gasteiger partial charge in [0.15, 0.2) is 0 Å². The Balaban J connectivity index is 1.57. The molecule has 0 aliphatic rings. The van der Waals surface area contributed by atoms with Gasteiger partial charge in [-0.15, -0.1) is 11.8 Å². The zero-order valence-corrected chi connectivity index (χ0v) is 51.0. The van der Waals surface area contributed by atoms with Gasteiger partial charge in [0.2, 0.25) is 53.2 Å². The minimum Gasteiger partial charge on any atom is -0.508 e. The molecule has 0 radical (unpaired) electrons. The number of nitrogens with one attached hydrogen (secondary N) is 9. The predicted octanol–water partition coefficient (Wildman–Crippen LogP) is 2.31. The van der Waals surface area contributed by atoms with Gasteiger partial charge >= 0.3 is 11.9 Å². The standard InChI is InChI=1S/C62H82N10O15S/c1-35(2)29-46(70-61(85)54(37(5)6)72-51(76)32-65-56(80)40-16-8-7-9-17-40)60(84)67-44(21-12-13-28-64-49(74)31-48(62(86)87)88-34-41-19-14-18-39-15-10-11-20-43(39)41)58(82)68-45(26-27-52(77)78)59(83)69-47(30-38-22-24-42(73)25-23-38)57(81)66-33-50(75)71-53(36(3)4)55(63)79/h7-11,14-20,22-25,35-37,44-48,53-54,73H,12-13,21,26-34H2,1-6H3,(H2,63,79)(H,64,74)(H,65,80)(H,66,81)(H,67,84)(H,68,82)(H,69,83)(H,70,85)(H,71,75)(H,72,76)(H,77,78)(H,86,87)/t44-,45-,46-,47-,48-,53-,54-/m0/s1. The number of carbonyl (C=O) groups is 12. The average molecular weight is 1240 g/mol. The van der Waals surface area contributed by atoms with E-state index in [2.05, 4.69) is 47.9 Å². The SMILES string of the molecule is CC(C)C[C@H](NC(=O)[C@@H](NC(=O)CNC(=O)c1ccccc1)C(C)C)C(=O)N[C@@H](CCCCNC(=O)C[C@H](SCc1cccc2ccccc12)C(=O)O)C(=O)N[C@@H](CCC(=O)O)C(=O)N[C@@H](Cc1ccc(O)cc1)C(=O)NCC(=O)N[C@H](C(N)=O)C(C)C. The topological polar surface area (TPSA) is 400 Å². The Bertz CT molecular complexity index is 3070. The van der Waals surface area contributed by atoms with Crippen LogP contribution in [-0.4, -0.2) is 147 Å². The van der Waals surface area contributed by atoms with Crippen LogP contribution in [0, 0.1) is 17.8 Å². The second-order valence-corrected chi connectivity index (χ2v) is 23.4. The van der Waals surface area contributed by atoms with Gasteiger partial charge in [-0.1, -0.05) is 114 Å². The van der Waals surface area contributed by atoms with E-state index in [-0.39, 0.29) is 56.7 Å². The number of thioether (sulfide) groups is 1. The Hall–Kier alpha value is -9.07. The van der Waals surface area contributed by atoms with Crippen molar-refractivity contribution in [2.24, 2.45) is 23.5 Å². The highest BCUT2D eigenvalue weighted by Gasteiger charge is 2.35. The molecule has 0 bridgehead atoms. The summed E-state index contributed by atoms with van der Waals surface area (Å²) in [7, 11) is 0. The van der Waals surface area contributed by atoms with E-state index in [1.165, 1.54) is 24.3 Å². The molecule has 4 aromatic rings. The minimum absolute atomic E-state index is 0.00492. The molecular weight excluding hydrogens is 1160 g/mol. The second kappa shape index (κ2) is 36.2. The molecule has 7 atom stereocenters. The van der Waals surface area contributed by atoms with Crippen LogP contribution < -0.4 is 53.6 Å². The fourth-order valence-corrected chi connectivity index (χ4v) is 10.2. The highest BCUT2D eigenvalue weighted by molar-refractivity contribution is 7.99. The number of phenolic OH excluding ortho intramolecular Hbond substituents is 1. The lowest BCUT2D eigenvalue weighted by atomic mass is 9.99. The van der Waals surface area contributed by atoms with Crippen LogP contribution in [0.1, 0.15) is 108 Å². The Morgan fingerprint density at radius 1 is 0.534 bits per heavy atom. The number of aliphatic carboxylic acids is 2. The Kier molecular flexibility index (Phi) is 29.3. The monoisotopic (exact) mass is 1240 g/mol. The number of hydrogen-bond donors (Lipinski definition) is 13. The number of primary amides is 1. The molecule has 88 heavy (non-hydrogen) atoms. The quantitative estimate of drug-likeness (QED) is 0.0288. The maximum atomic E-state index is 14.6. The molecule has 25 nitrogen and oxygen atoms in total. The average Bonchev–Trinajstić information content (AvgIpc) is 1.78. The van der Waals surface area contributed by atoms with Crippen molar-refractivity contribution in [3.05, 3.63) is 114 Å². The number of aromatic hydroxyl groups is 1. The summed E-state index contributed by atoms with van der Waals surface area (Å²) in [4.78, 5) is 159. The molecule has 0 spiro atoms. The molecule has 10 amide bonds. The minimum atomic E-state index is -1.69. The van der Waals surface area contributed by atoms with Crippen molar-refractivity contribution >= 4 is 93.5 Å². The number of carboxylic acids is 2. The Morgan fingerprint density at radius 2 is 1.09 bits per heavy atom. The number of rotatable bonds is 37. The van der Waals surface area contributed by atoms with E-state index in [1.807, 2.05) is 42.5 Å². The summed E-state index contributed by atoms with van der Waals surface area (Å²) in [5.74, 6) is -11.5. The van der Waals surface area contributed by atoms with E-state index < -0.39 is 150 Å². The van der Waals surface area contributed by atoms with Crippen molar-refractivity contribution in [3.8, 4) is 5.75 Å². The molecule has 0 aliphatic carbocycles. The smallest absolute Gasteiger partial charge is 0.317 e. The van der Waals surface area contributed by atoms with Gasteiger partial charge in [0, 0.05) is 37.1 Å². The molecule has 26 heteroatoms. The normalized spacial score (nSPS) is 13.5. The van der Waals surface area contributed by atoms with E-state index in [4.69, 9.17) is 5.73 Å². The summed E-state index contributed by atoms with van der Waals surface area (Å²) < 4.78 is 0. The highest BCUT2D eigenvalue weighted by atomic mass is 32.2. The summed E-state index contributed by atoms with van der Waals surface area (Å²) in [5.41, 5.74) is 7.05. The molecule has 0 unspecified atom stereocenters. The van der Waals surface area contributed by atoms with Gasteiger partial charge in [-0.3, -0.25) is 57.5 Å². The number of unbranched alkanes of at least 4 members (excludes halogenated alkanes) is 1. The number of benzene rings is 4. The van der Waals surface area contributed by atoms with Crippen LogP contribution in [0.25, 0.3) is 10.8 Å². The summed E-state index contributed by atoms with van der Waals surface area (Å²) in [6.45, 7) is 8.98. The molecule has 0 aromatic heterocycles. The van der Waals surface area contributed by atoms with Crippen LogP contribution in [0.4, 0.5) is 0 Å². The number of carbonyl (C=O) groups excluding carboxylic acids is 10. The molecule has 4 rings (SSSR count). The maximum absolute atomic E-state index is 14.6. The van der Waals surface area contributed by atoms with Gasteiger partial charge in [0.25, 0.3) is 5.91 Å². The van der Waals surface area contributed by atoms with E-state index in [1.54, 1.807) is 71.9 Å². The fraction of sp³-hybridized carbons (Fsp3) is 0.452. The zero-order chi connectivity index (χ0) is 65.0. The molecule has 0 fully saturated rings. The van der Waals surface area contributed by atoms with Crippen LogP contribution in [-0.2, 0) is 64.9 Å². The van der Waals surface area contributed by atoms with E-state index in [0.717, 1.165) is 28.1 Å². The summed E-state index contributed by atoms with van der Waals surface area (Å²) in [6.07, 6.45) is -1.71. The summed E-state index contributed by atoms with van der Waals surface area (Å²) in [5, 5.41) is 53.7. The van der Waals surface area contributed by atoms with Crippen LogP contribution >= 0.6 is 11.8 Å². The number of fused-ring (bicyclic) bond motifs is 1.